The van der Waals surface area contributed by atoms with E-state index < -0.39 is 4.33 Å². The van der Waals surface area contributed by atoms with Crippen molar-refractivity contribution in [2.75, 3.05) is 6.54 Å². The van der Waals surface area contributed by atoms with Crippen LogP contribution in [0.1, 0.15) is 6.92 Å². The fourth-order valence-corrected chi connectivity index (χ4v) is 1.66. The first-order chi connectivity index (χ1) is 3.60. The second-order valence-electron chi connectivity index (χ2n) is 2.31. The number of hydrogen-bond donors (Lipinski definition) is 1. The van der Waals surface area contributed by atoms with E-state index in [-0.39, 0.29) is 0 Å². The van der Waals surface area contributed by atoms with Crippen molar-refractivity contribution in [2.45, 2.75) is 11.3 Å². The highest BCUT2D eigenvalue weighted by Gasteiger charge is 2.59. The molecule has 0 amide bonds. The van der Waals surface area contributed by atoms with E-state index in [0.717, 1.165) is 0 Å². The van der Waals surface area contributed by atoms with Crippen LogP contribution in [-0.2, 0) is 0 Å². The zero-order chi connectivity index (χ0) is 6.36. The molecule has 0 aromatic heterocycles. The van der Waals surface area contributed by atoms with Crippen LogP contribution in [0, 0.1) is 11.8 Å². The minimum Gasteiger partial charge on any atom is -0.330 e. The Bertz CT molecular complexity index is 103. The first kappa shape index (κ1) is 6.66. The van der Waals surface area contributed by atoms with Crippen LogP contribution in [-0.4, -0.2) is 10.9 Å². The standard InChI is InChI=1S/C5H9Cl2N/c1-3-4(2-8)5(3,6)7/h3-4H,2,8H2,1H3/t3-,4-/m0/s1. The fraction of sp³-hybridized carbons (Fsp3) is 1.00. The Morgan fingerprint density at radius 2 is 2.00 bits per heavy atom. The van der Waals surface area contributed by atoms with E-state index in [4.69, 9.17) is 28.9 Å². The van der Waals surface area contributed by atoms with Crippen molar-refractivity contribution in [3.05, 3.63) is 0 Å². The van der Waals surface area contributed by atoms with Gasteiger partial charge in [-0.2, -0.15) is 0 Å². The number of nitrogens with two attached hydrogens (primary N) is 1. The van der Waals surface area contributed by atoms with Gasteiger partial charge in [0.15, 0.2) is 0 Å². The minimum atomic E-state index is -0.505. The molecular weight excluding hydrogens is 145 g/mol. The maximum absolute atomic E-state index is 5.74. The zero-order valence-corrected chi connectivity index (χ0v) is 6.21. The van der Waals surface area contributed by atoms with Gasteiger partial charge < -0.3 is 5.73 Å². The molecule has 3 heteroatoms. The lowest BCUT2D eigenvalue weighted by atomic mass is 10.3. The van der Waals surface area contributed by atoms with E-state index in [1.165, 1.54) is 0 Å². The SMILES string of the molecule is C[C@H]1[C@H](CN)C1(Cl)Cl. The first-order valence-electron chi connectivity index (χ1n) is 2.68. The van der Waals surface area contributed by atoms with Crippen molar-refractivity contribution in [1.82, 2.24) is 0 Å². The van der Waals surface area contributed by atoms with Crippen LogP contribution in [0.2, 0.25) is 0 Å². The molecule has 0 heterocycles. The highest BCUT2D eigenvalue weighted by molar-refractivity contribution is 6.51. The lowest BCUT2D eigenvalue weighted by Gasteiger charge is -1.90. The molecule has 0 aromatic rings. The van der Waals surface area contributed by atoms with Crippen molar-refractivity contribution in [3.8, 4) is 0 Å². The second kappa shape index (κ2) is 1.76. The molecule has 1 rings (SSSR count). The van der Waals surface area contributed by atoms with Gasteiger partial charge in [-0.3, -0.25) is 0 Å². The van der Waals surface area contributed by atoms with E-state index in [1.54, 1.807) is 0 Å². The summed E-state index contributed by atoms with van der Waals surface area (Å²) in [7, 11) is 0. The maximum Gasteiger partial charge on any atom is 0.125 e. The van der Waals surface area contributed by atoms with Crippen LogP contribution in [0.5, 0.6) is 0 Å². The largest absolute Gasteiger partial charge is 0.330 e. The predicted octanol–water partition coefficient (Wildman–Crippen LogP) is 1.38. The van der Waals surface area contributed by atoms with Crippen LogP contribution in [0.3, 0.4) is 0 Å². The lowest BCUT2D eigenvalue weighted by Crippen LogP contribution is -2.05. The number of halogens is 2. The van der Waals surface area contributed by atoms with Gasteiger partial charge in [-0.1, -0.05) is 6.92 Å². The molecule has 1 saturated carbocycles. The van der Waals surface area contributed by atoms with Crippen molar-refractivity contribution in [1.29, 1.82) is 0 Å². The van der Waals surface area contributed by atoms with E-state index in [0.29, 0.717) is 18.4 Å². The van der Waals surface area contributed by atoms with Crippen LogP contribution < -0.4 is 5.73 Å². The average Bonchev–Trinajstić information content (AvgIpc) is 2.09. The van der Waals surface area contributed by atoms with E-state index in [2.05, 4.69) is 0 Å². The van der Waals surface area contributed by atoms with Crippen LogP contribution >= 0.6 is 23.2 Å². The minimum absolute atomic E-state index is 0.325. The van der Waals surface area contributed by atoms with E-state index in [9.17, 15) is 0 Å². The Balaban J connectivity index is 2.45. The highest BCUT2D eigenvalue weighted by Crippen LogP contribution is 2.58. The zero-order valence-electron chi connectivity index (χ0n) is 4.70. The van der Waals surface area contributed by atoms with Gasteiger partial charge in [0, 0.05) is 5.92 Å². The molecule has 48 valence electrons. The number of rotatable bonds is 1. The summed E-state index contributed by atoms with van der Waals surface area (Å²) in [5, 5.41) is 0. The van der Waals surface area contributed by atoms with Crippen LogP contribution in [0.15, 0.2) is 0 Å². The monoisotopic (exact) mass is 153 g/mol. The highest BCUT2D eigenvalue weighted by atomic mass is 35.5. The van der Waals surface area contributed by atoms with E-state index >= 15 is 0 Å². The third-order valence-corrected chi connectivity index (χ3v) is 3.10. The Morgan fingerprint density at radius 3 is 2.00 bits per heavy atom. The second-order valence-corrected chi connectivity index (χ2v) is 3.75. The third kappa shape index (κ3) is 0.734. The lowest BCUT2D eigenvalue weighted by molar-refractivity contribution is 0.760. The molecule has 0 unspecified atom stereocenters. The maximum atomic E-state index is 5.74. The van der Waals surface area contributed by atoms with Gasteiger partial charge in [-0.05, 0) is 12.5 Å². The van der Waals surface area contributed by atoms with Crippen molar-refractivity contribution < 1.29 is 0 Å². The smallest absolute Gasteiger partial charge is 0.125 e. The number of hydrogen-bond acceptors (Lipinski definition) is 1. The first-order valence-corrected chi connectivity index (χ1v) is 3.44. The molecular formula is C5H9Cl2N. The van der Waals surface area contributed by atoms with Crippen molar-refractivity contribution >= 4 is 23.2 Å². The average molecular weight is 154 g/mol. The summed E-state index contributed by atoms with van der Waals surface area (Å²) in [5.41, 5.74) is 5.33. The summed E-state index contributed by atoms with van der Waals surface area (Å²) >= 11 is 11.5. The molecule has 0 spiro atoms. The molecule has 0 saturated heterocycles. The Morgan fingerprint density at radius 1 is 1.62 bits per heavy atom. The molecule has 1 aliphatic rings. The van der Waals surface area contributed by atoms with E-state index in [1.807, 2.05) is 6.92 Å². The van der Waals surface area contributed by atoms with Crippen molar-refractivity contribution in [2.24, 2.45) is 17.6 Å². The van der Waals surface area contributed by atoms with Gasteiger partial charge >= 0.3 is 0 Å². The summed E-state index contributed by atoms with van der Waals surface area (Å²) in [5.74, 6) is 0.710. The molecule has 0 aromatic carbocycles. The summed E-state index contributed by atoms with van der Waals surface area (Å²) in [4.78, 5) is 0. The normalized spacial score (nSPS) is 42.0. The molecule has 0 bridgehead atoms. The van der Waals surface area contributed by atoms with Gasteiger partial charge in [0.1, 0.15) is 4.33 Å². The Kier molecular flexibility index (Phi) is 1.46. The Labute approximate surface area is 59.1 Å². The Hall–Kier alpha value is 0.540. The van der Waals surface area contributed by atoms with Crippen LogP contribution in [0.4, 0.5) is 0 Å². The summed E-state index contributed by atoms with van der Waals surface area (Å²) in [6.45, 7) is 2.62. The molecule has 0 aliphatic heterocycles. The molecule has 1 fully saturated rings. The van der Waals surface area contributed by atoms with Gasteiger partial charge in [0.05, 0.1) is 0 Å². The van der Waals surface area contributed by atoms with Gasteiger partial charge in [0.25, 0.3) is 0 Å². The van der Waals surface area contributed by atoms with Gasteiger partial charge in [-0.15, -0.1) is 23.2 Å². The predicted molar refractivity (Wildman–Crippen MR) is 36.1 cm³/mol. The molecule has 8 heavy (non-hydrogen) atoms. The molecule has 2 atom stereocenters. The van der Waals surface area contributed by atoms with Gasteiger partial charge in [-0.25, -0.2) is 0 Å². The van der Waals surface area contributed by atoms with Crippen LogP contribution in [0.25, 0.3) is 0 Å². The number of alkyl halides is 2. The summed E-state index contributed by atoms with van der Waals surface area (Å²) in [6, 6.07) is 0. The third-order valence-electron chi connectivity index (χ3n) is 1.85. The summed E-state index contributed by atoms with van der Waals surface area (Å²) in [6.07, 6.45) is 0. The summed E-state index contributed by atoms with van der Waals surface area (Å²) < 4.78 is -0.505. The quantitative estimate of drug-likeness (QED) is 0.567. The molecule has 1 nitrogen and oxygen atoms in total. The van der Waals surface area contributed by atoms with Crippen molar-refractivity contribution in [3.63, 3.8) is 0 Å². The molecule has 0 radical (unpaired) electrons. The van der Waals surface area contributed by atoms with Gasteiger partial charge in [0.2, 0.25) is 0 Å². The topological polar surface area (TPSA) is 26.0 Å². The molecule has 2 N–H and O–H groups in total. The molecule has 1 aliphatic carbocycles. The fourth-order valence-electron chi connectivity index (χ4n) is 0.921.